The van der Waals surface area contributed by atoms with Gasteiger partial charge in [0, 0.05) is 27.6 Å². The molecule has 0 saturated heterocycles. The van der Waals surface area contributed by atoms with Crippen LogP contribution in [0, 0.1) is 0 Å². The van der Waals surface area contributed by atoms with Crippen molar-refractivity contribution in [2.24, 2.45) is 5.73 Å². The summed E-state index contributed by atoms with van der Waals surface area (Å²) >= 11 is 4.97. The first kappa shape index (κ1) is 15.9. The molecule has 1 atom stereocenters. The number of benzene rings is 1. The molecule has 0 radical (unpaired) electrons. The lowest BCUT2D eigenvalue weighted by molar-refractivity contribution is -0.135. The normalized spacial score (nSPS) is 13.6. The van der Waals surface area contributed by atoms with Gasteiger partial charge in [0.2, 0.25) is 0 Å². The molecular formula is C12H15BrF3NS. The first-order valence-corrected chi connectivity index (χ1v) is 7.36. The summed E-state index contributed by atoms with van der Waals surface area (Å²) in [5, 5.41) is 0. The Morgan fingerprint density at radius 3 is 2.56 bits per heavy atom. The molecule has 102 valence electrons. The van der Waals surface area contributed by atoms with Crippen LogP contribution in [0.4, 0.5) is 13.2 Å². The van der Waals surface area contributed by atoms with Gasteiger partial charge < -0.3 is 5.73 Å². The number of alkyl halides is 3. The highest BCUT2D eigenvalue weighted by Gasteiger charge is 2.26. The third-order valence-electron chi connectivity index (χ3n) is 2.32. The van der Waals surface area contributed by atoms with Gasteiger partial charge in [0.25, 0.3) is 0 Å². The van der Waals surface area contributed by atoms with Crippen LogP contribution in [0.1, 0.15) is 19.3 Å². The standard InChI is InChI=1S/C12H15BrF3NS/c13-10-5-1-2-6-11(10)18-8-9(17)4-3-7-12(14,15)16/h1-2,5-6,9H,3-4,7-8,17H2. The summed E-state index contributed by atoms with van der Waals surface area (Å²) in [6.07, 6.45) is -4.33. The van der Waals surface area contributed by atoms with Crippen LogP contribution in [-0.4, -0.2) is 18.0 Å². The van der Waals surface area contributed by atoms with Crippen molar-refractivity contribution in [2.75, 3.05) is 5.75 Å². The van der Waals surface area contributed by atoms with E-state index >= 15 is 0 Å². The number of hydrogen-bond acceptors (Lipinski definition) is 2. The molecule has 0 fully saturated rings. The number of halogens is 4. The van der Waals surface area contributed by atoms with Gasteiger partial charge in [-0.3, -0.25) is 0 Å². The third-order valence-corrected chi connectivity index (χ3v) is 4.54. The Kier molecular flexibility index (Phi) is 6.52. The predicted octanol–water partition coefficient (Wildman–Crippen LogP) is 4.60. The Hall–Kier alpha value is -0.200. The number of thioether (sulfide) groups is 1. The lowest BCUT2D eigenvalue weighted by Gasteiger charge is -2.12. The van der Waals surface area contributed by atoms with Crippen molar-refractivity contribution in [3.05, 3.63) is 28.7 Å². The van der Waals surface area contributed by atoms with Crippen LogP contribution < -0.4 is 5.73 Å². The fourth-order valence-electron chi connectivity index (χ4n) is 1.41. The Labute approximate surface area is 117 Å². The smallest absolute Gasteiger partial charge is 0.327 e. The second kappa shape index (κ2) is 7.40. The first-order valence-electron chi connectivity index (χ1n) is 5.58. The molecule has 0 saturated carbocycles. The maximum absolute atomic E-state index is 12.0. The van der Waals surface area contributed by atoms with Gasteiger partial charge in [0.05, 0.1) is 0 Å². The maximum atomic E-state index is 12.0. The molecule has 0 aliphatic rings. The van der Waals surface area contributed by atoms with E-state index in [9.17, 15) is 13.2 Å². The lowest BCUT2D eigenvalue weighted by atomic mass is 10.1. The minimum absolute atomic E-state index is 0.0984. The Bertz CT molecular complexity index is 371. The highest BCUT2D eigenvalue weighted by Crippen LogP contribution is 2.28. The molecule has 1 aromatic carbocycles. The van der Waals surface area contributed by atoms with Crippen LogP contribution in [0.25, 0.3) is 0 Å². The van der Waals surface area contributed by atoms with Crippen molar-refractivity contribution in [3.63, 3.8) is 0 Å². The van der Waals surface area contributed by atoms with Crippen molar-refractivity contribution < 1.29 is 13.2 Å². The van der Waals surface area contributed by atoms with Crippen LogP contribution in [-0.2, 0) is 0 Å². The SMILES string of the molecule is NC(CCCC(F)(F)F)CSc1ccccc1Br. The molecule has 1 unspecified atom stereocenters. The average Bonchev–Trinajstić information content (AvgIpc) is 2.26. The molecule has 1 rings (SSSR count). The molecule has 0 heterocycles. The molecule has 1 nitrogen and oxygen atoms in total. The minimum Gasteiger partial charge on any atom is -0.327 e. The quantitative estimate of drug-likeness (QED) is 0.765. The van der Waals surface area contributed by atoms with E-state index in [1.54, 1.807) is 11.8 Å². The van der Waals surface area contributed by atoms with E-state index in [4.69, 9.17) is 5.73 Å². The average molecular weight is 342 g/mol. The van der Waals surface area contributed by atoms with E-state index in [0.717, 1.165) is 9.37 Å². The van der Waals surface area contributed by atoms with Crippen LogP contribution in [0.3, 0.4) is 0 Å². The van der Waals surface area contributed by atoms with Gasteiger partial charge in [-0.2, -0.15) is 13.2 Å². The molecule has 0 aliphatic carbocycles. The molecule has 0 bridgehead atoms. The first-order chi connectivity index (χ1) is 8.38. The van der Waals surface area contributed by atoms with E-state index in [1.165, 1.54) is 0 Å². The van der Waals surface area contributed by atoms with Crippen LogP contribution in [0.5, 0.6) is 0 Å². The van der Waals surface area contributed by atoms with Gasteiger partial charge in [0.15, 0.2) is 0 Å². The Balaban J connectivity index is 2.25. The zero-order valence-electron chi connectivity index (χ0n) is 9.71. The number of rotatable bonds is 6. The third kappa shape index (κ3) is 6.66. The van der Waals surface area contributed by atoms with E-state index in [-0.39, 0.29) is 12.5 Å². The monoisotopic (exact) mass is 341 g/mol. The van der Waals surface area contributed by atoms with Gasteiger partial charge in [-0.25, -0.2) is 0 Å². The summed E-state index contributed by atoms with van der Waals surface area (Å²) < 4.78 is 36.9. The van der Waals surface area contributed by atoms with Crippen molar-refractivity contribution in [3.8, 4) is 0 Å². The molecule has 0 aliphatic heterocycles. The van der Waals surface area contributed by atoms with Gasteiger partial charge in [-0.15, -0.1) is 11.8 Å². The minimum atomic E-state index is -4.07. The summed E-state index contributed by atoms with van der Waals surface area (Å²) in [6.45, 7) is 0. The number of hydrogen-bond donors (Lipinski definition) is 1. The van der Waals surface area contributed by atoms with Gasteiger partial charge in [-0.05, 0) is 40.9 Å². The second-order valence-electron chi connectivity index (χ2n) is 4.01. The van der Waals surface area contributed by atoms with Gasteiger partial charge in [-0.1, -0.05) is 12.1 Å². The zero-order chi connectivity index (χ0) is 13.6. The van der Waals surface area contributed by atoms with Gasteiger partial charge in [0.1, 0.15) is 0 Å². The largest absolute Gasteiger partial charge is 0.389 e. The molecular weight excluding hydrogens is 327 g/mol. The highest BCUT2D eigenvalue weighted by atomic mass is 79.9. The van der Waals surface area contributed by atoms with Crippen LogP contribution in [0.2, 0.25) is 0 Å². The van der Waals surface area contributed by atoms with Gasteiger partial charge >= 0.3 is 6.18 Å². The summed E-state index contributed by atoms with van der Waals surface area (Å²) in [4.78, 5) is 1.06. The van der Waals surface area contributed by atoms with Crippen LogP contribution >= 0.6 is 27.7 Å². The predicted molar refractivity (Wildman–Crippen MR) is 72.7 cm³/mol. The molecule has 0 aromatic heterocycles. The maximum Gasteiger partial charge on any atom is 0.389 e. The fourth-order valence-corrected chi connectivity index (χ4v) is 2.98. The molecule has 1 aromatic rings. The fraction of sp³-hybridized carbons (Fsp3) is 0.500. The lowest BCUT2D eigenvalue weighted by Crippen LogP contribution is -2.23. The number of nitrogens with two attached hydrogens (primary N) is 1. The highest BCUT2D eigenvalue weighted by molar-refractivity contribution is 9.10. The molecule has 6 heteroatoms. The summed E-state index contributed by atoms with van der Waals surface area (Å²) in [5.74, 6) is 0.625. The summed E-state index contributed by atoms with van der Waals surface area (Å²) in [7, 11) is 0. The van der Waals surface area contributed by atoms with Crippen molar-refractivity contribution in [1.29, 1.82) is 0 Å². The molecule has 18 heavy (non-hydrogen) atoms. The van der Waals surface area contributed by atoms with E-state index in [0.29, 0.717) is 12.2 Å². The molecule has 0 amide bonds. The van der Waals surface area contributed by atoms with Crippen LogP contribution in [0.15, 0.2) is 33.6 Å². The molecule has 2 N–H and O–H groups in total. The topological polar surface area (TPSA) is 26.0 Å². The van der Waals surface area contributed by atoms with Crippen molar-refractivity contribution in [1.82, 2.24) is 0 Å². The Morgan fingerprint density at radius 1 is 1.28 bits per heavy atom. The summed E-state index contributed by atoms with van der Waals surface area (Å²) in [5.41, 5.74) is 5.80. The van der Waals surface area contributed by atoms with E-state index in [2.05, 4.69) is 15.9 Å². The van der Waals surface area contributed by atoms with Crippen molar-refractivity contribution >= 4 is 27.7 Å². The summed E-state index contributed by atoms with van der Waals surface area (Å²) in [6, 6.07) is 7.51. The second-order valence-corrected chi connectivity index (χ2v) is 5.93. The molecule has 0 spiro atoms. The van der Waals surface area contributed by atoms with Crippen molar-refractivity contribution in [2.45, 2.75) is 36.4 Å². The zero-order valence-corrected chi connectivity index (χ0v) is 12.1. The Morgan fingerprint density at radius 2 is 1.94 bits per heavy atom. The van der Waals surface area contributed by atoms with E-state index < -0.39 is 12.6 Å². The van der Waals surface area contributed by atoms with E-state index in [1.807, 2.05) is 24.3 Å².